The number of hydrogen-bond acceptors (Lipinski definition) is 2. The summed E-state index contributed by atoms with van der Waals surface area (Å²) in [7, 11) is 0. The second kappa shape index (κ2) is 7.75. The van der Waals surface area contributed by atoms with E-state index in [2.05, 4.69) is 38.1 Å². The summed E-state index contributed by atoms with van der Waals surface area (Å²) in [6, 6.07) is 8.59. The van der Waals surface area contributed by atoms with Crippen LogP contribution in [-0.4, -0.2) is 23.2 Å². The molecule has 1 unspecified atom stereocenters. The van der Waals surface area contributed by atoms with Crippen LogP contribution in [0.4, 0.5) is 0 Å². The number of thioether (sulfide) groups is 1. The van der Waals surface area contributed by atoms with Gasteiger partial charge in [-0.05, 0) is 42.8 Å². The lowest BCUT2D eigenvalue weighted by Gasteiger charge is -2.14. The number of rotatable bonds is 7. The molecule has 0 fully saturated rings. The Morgan fingerprint density at radius 3 is 2.81 bits per heavy atom. The van der Waals surface area contributed by atoms with E-state index < -0.39 is 0 Å². The summed E-state index contributed by atoms with van der Waals surface area (Å²) < 4.78 is 0. The minimum atomic E-state index is 0.304. The fourth-order valence-corrected chi connectivity index (χ4v) is 2.61. The van der Waals surface area contributed by atoms with Crippen LogP contribution in [0.5, 0.6) is 0 Å². The van der Waals surface area contributed by atoms with Gasteiger partial charge >= 0.3 is 0 Å². The van der Waals surface area contributed by atoms with Gasteiger partial charge in [-0.15, -0.1) is 0 Å². The molecule has 0 aliphatic heterocycles. The van der Waals surface area contributed by atoms with Crippen molar-refractivity contribution in [2.75, 3.05) is 18.1 Å². The van der Waals surface area contributed by atoms with Crippen molar-refractivity contribution >= 4 is 11.8 Å². The maximum absolute atomic E-state index is 9.35. The van der Waals surface area contributed by atoms with Crippen molar-refractivity contribution < 1.29 is 5.11 Å². The minimum absolute atomic E-state index is 0.304. The Hall–Kier alpha value is -0.470. The molecule has 0 saturated carbocycles. The van der Waals surface area contributed by atoms with Gasteiger partial charge in [0, 0.05) is 6.61 Å². The molecule has 0 heterocycles. The number of aliphatic hydroxyl groups is 1. The van der Waals surface area contributed by atoms with Gasteiger partial charge in [-0.1, -0.05) is 36.8 Å². The van der Waals surface area contributed by atoms with Crippen LogP contribution >= 0.6 is 11.8 Å². The van der Waals surface area contributed by atoms with Gasteiger partial charge in [0.2, 0.25) is 0 Å². The number of aryl methyl sites for hydroxylation is 1. The summed E-state index contributed by atoms with van der Waals surface area (Å²) in [6.07, 6.45) is 2.12. The molecule has 0 aliphatic rings. The highest BCUT2D eigenvalue weighted by Gasteiger charge is 2.08. The van der Waals surface area contributed by atoms with E-state index in [1.54, 1.807) is 0 Å². The first kappa shape index (κ1) is 13.6. The molecule has 1 atom stereocenters. The van der Waals surface area contributed by atoms with Crippen LogP contribution in [0.15, 0.2) is 24.3 Å². The molecule has 1 aromatic rings. The Morgan fingerprint density at radius 1 is 1.38 bits per heavy atom. The van der Waals surface area contributed by atoms with Crippen molar-refractivity contribution in [1.29, 1.82) is 0 Å². The molecule has 2 heteroatoms. The van der Waals surface area contributed by atoms with Crippen LogP contribution in [0.25, 0.3) is 0 Å². The molecule has 0 aromatic heterocycles. The zero-order chi connectivity index (χ0) is 11.8. The number of benzene rings is 1. The topological polar surface area (TPSA) is 20.2 Å². The van der Waals surface area contributed by atoms with E-state index in [0.29, 0.717) is 12.5 Å². The Kier molecular flexibility index (Phi) is 6.58. The first-order valence-electron chi connectivity index (χ1n) is 6.00. The van der Waals surface area contributed by atoms with Crippen LogP contribution < -0.4 is 0 Å². The number of aliphatic hydroxyl groups excluding tert-OH is 1. The predicted octanol–water partition coefficient (Wildman–Crippen LogP) is 3.29. The second-order valence-corrected chi connectivity index (χ2v) is 5.62. The van der Waals surface area contributed by atoms with Gasteiger partial charge in [0.15, 0.2) is 0 Å². The molecule has 1 aromatic carbocycles. The van der Waals surface area contributed by atoms with Gasteiger partial charge in [-0.2, -0.15) is 11.8 Å². The van der Waals surface area contributed by atoms with E-state index in [1.165, 1.54) is 16.9 Å². The Balaban J connectivity index is 2.43. The molecular weight excluding hydrogens is 216 g/mol. The maximum Gasteiger partial charge on any atom is 0.0462 e. The maximum atomic E-state index is 9.35. The summed E-state index contributed by atoms with van der Waals surface area (Å²) in [4.78, 5) is 0. The van der Waals surface area contributed by atoms with Gasteiger partial charge in [0.05, 0.1) is 0 Å². The summed E-state index contributed by atoms with van der Waals surface area (Å²) in [5.74, 6) is 2.75. The van der Waals surface area contributed by atoms with Crippen LogP contribution in [0.3, 0.4) is 0 Å². The lowest BCUT2D eigenvalue weighted by Crippen LogP contribution is -2.11. The van der Waals surface area contributed by atoms with Gasteiger partial charge < -0.3 is 5.11 Å². The Morgan fingerprint density at radius 2 is 2.19 bits per heavy atom. The molecule has 0 radical (unpaired) electrons. The van der Waals surface area contributed by atoms with Crippen molar-refractivity contribution in [3.8, 4) is 0 Å². The van der Waals surface area contributed by atoms with Crippen LogP contribution in [0.1, 0.15) is 24.5 Å². The zero-order valence-electron chi connectivity index (χ0n) is 10.3. The smallest absolute Gasteiger partial charge is 0.0462 e. The fraction of sp³-hybridized carbons (Fsp3) is 0.571. The standard InChI is InChI=1S/C14H22OS/c1-3-16-8-7-14(11-15)10-13-6-4-5-12(2)9-13/h4-6,9,14-15H,3,7-8,10-11H2,1-2H3. The number of hydrogen-bond donors (Lipinski definition) is 1. The normalized spacial score (nSPS) is 12.7. The highest BCUT2D eigenvalue weighted by atomic mass is 32.2. The third-order valence-corrected chi connectivity index (χ3v) is 3.67. The average molecular weight is 238 g/mol. The average Bonchev–Trinajstić information content (AvgIpc) is 2.28. The van der Waals surface area contributed by atoms with E-state index in [4.69, 9.17) is 0 Å². The molecule has 0 amide bonds. The van der Waals surface area contributed by atoms with Crippen LogP contribution in [-0.2, 0) is 6.42 Å². The third-order valence-electron chi connectivity index (χ3n) is 2.74. The van der Waals surface area contributed by atoms with E-state index in [0.717, 1.165) is 18.6 Å². The molecule has 1 N–H and O–H groups in total. The van der Waals surface area contributed by atoms with Crippen molar-refractivity contribution in [2.24, 2.45) is 5.92 Å². The van der Waals surface area contributed by atoms with E-state index in [-0.39, 0.29) is 0 Å². The van der Waals surface area contributed by atoms with Gasteiger partial charge in [0.25, 0.3) is 0 Å². The summed E-state index contributed by atoms with van der Waals surface area (Å²) >= 11 is 1.95. The first-order chi connectivity index (χ1) is 7.76. The molecule has 16 heavy (non-hydrogen) atoms. The molecular formula is C14H22OS. The second-order valence-electron chi connectivity index (χ2n) is 4.23. The Labute approximate surface area is 103 Å². The molecule has 0 saturated heterocycles. The third kappa shape index (κ3) is 5.04. The first-order valence-corrected chi connectivity index (χ1v) is 7.16. The largest absolute Gasteiger partial charge is 0.396 e. The molecule has 1 nitrogen and oxygen atoms in total. The minimum Gasteiger partial charge on any atom is -0.396 e. The zero-order valence-corrected chi connectivity index (χ0v) is 11.1. The SMILES string of the molecule is CCSCCC(CO)Cc1cccc(C)c1. The summed E-state index contributed by atoms with van der Waals surface area (Å²) in [5, 5.41) is 9.35. The van der Waals surface area contributed by atoms with Crippen LogP contribution in [0.2, 0.25) is 0 Å². The van der Waals surface area contributed by atoms with Crippen molar-refractivity contribution in [3.05, 3.63) is 35.4 Å². The van der Waals surface area contributed by atoms with E-state index in [9.17, 15) is 5.11 Å². The quantitative estimate of drug-likeness (QED) is 0.736. The summed E-state index contributed by atoms with van der Waals surface area (Å²) in [5.41, 5.74) is 2.65. The molecule has 1 rings (SSSR count). The van der Waals surface area contributed by atoms with Gasteiger partial charge in [0.1, 0.15) is 0 Å². The molecule has 0 spiro atoms. The summed E-state index contributed by atoms with van der Waals surface area (Å²) in [6.45, 7) is 4.60. The molecule has 90 valence electrons. The van der Waals surface area contributed by atoms with Crippen LogP contribution in [0, 0.1) is 12.8 Å². The van der Waals surface area contributed by atoms with Gasteiger partial charge in [-0.25, -0.2) is 0 Å². The van der Waals surface area contributed by atoms with Crippen molar-refractivity contribution in [2.45, 2.75) is 26.7 Å². The highest BCUT2D eigenvalue weighted by Crippen LogP contribution is 2.16. The predicted molar refractivity (Wildman–Crippen MR) is 73.1 cm³/mol. The van der Waals surface area contributed by atoms with Crippen molar-refractivity contribution in [3.63, 3.8) is 0 Å². The fourth-order valence-electron chi connectivity index (χ4n) is 1.82. The monoisotopic (exact) mass is 238 g/mol. The lowest BCUT2D eigenvalue weighted by atomic mass is 9.97. The molecule has 0 bridgehead atoms. The van der Waals surface area contributed by atoms with E-state index >= 15 is 0 Å². The highest BCUT2D eigenvalue weighted by molar-refractivity contribution is 7.99. The Bertz CT molecular complexity index is 299. The van der Waals surface area contributed by atoms with E-state index in [1.807, 2.05) is 11.8 Å². The van der Waals surface area contributed by atoms with Gasteiger partial charge in [-0.3, -0.25) is 0 Å². The van der Waals surface area contributed by atoms with Crippen molar-refractivity contribution in [1.82, 2.24) is 0 Å². The molecule has 0 aliphatic carbocycles. The lowest BCUT2D eigenvalue weighted by molar-refractivity contribution is 0.223.